The summed E-state index contributed by atoms with van der Waals surface area (Å²) in [5.74, 6) is 0.943. The highest BCUT2D eigenvalue weighted by Crippen LogP contribution is 2.56. The maximum atomic E-state index is 10.5. The zero-order valence-corrected chi connectivity index (χ0v) is 12.7. The van der Waals surface area contributed by atoms with Gasteiger partial charge >= 0.3 is 0 Å². The predicted octanol–water partition coefficient (Wildman–Crippen LogP) is 4.05. The molecule has 0 aromatic heterocycles. The van der Waals surface area contributed by atoms with Gasteiger partial charge in [0.1, 0.15) is 5.75 Å². The van der Waals surface area contributed by atoms with Crippen LogP contribution >= 0.6 is 0 Å². The highest BCUT2D eigenvalue weighted by molar-refractivity contribution is 5.75. The summed E-state index contributed by atoms with van der Waals surface area (Å²) < 4.78 is 0. The van der Waals surface area contributed by atoms with Gasteiger partial charge in [-0.2, -0.15) is 0 Å². The van der Waals surface area contributed by atoms with Crippen LogP contribution in [0.5, 0.6) is 5.75 Å². The monoisotopic (exact) mass is 284 g/mol. The van der Waals surface area contributed by atoms with Crippen molar-refractivity contribution in [2.45, 2.75) is 58.0 Å². The normalized spacial score (nSPS) is 35.0. The van der Waals surface area contributed by atoms with E-state index in [1.165, 1.54) is 23.1 Å². The van der Waals surface area contributed by atoms with Crippen LogP contribution in [0.15, 0.2) is 23.8 Å². The minimum absolute atomic E-state index is 0.0888. The molecular weight excluding hydrogens is 260 g/mol. The van der Waals surface area contributed by atoms with Crippen molar-refractivity contribution in [2.75, 3.05) is 0 Å². The molecule has 0 aliphatic heterocycles. The number of hydrogen-bond donors (Lipinski definition) is 2. The van der Waals surface area contributed by atoms with Gasteiger partial charge in [-0.15, -0.1) is 0 Å². The Kier molecular flexibility index (Phi) is 2.94. The van der Waals surface area contributed by atoms with Crippen molar-refractivity contribution in [3.8, 4) is 5.75 Å². The third-order valence-electron chi connectivity index (χ3n) is 6.33. The van der Waals surface area contributed by atoms with Crippen molar-refractivity contribution in [3.05, 3.63) is 34.9 Å². The van der Waals surface area contributed by atoms with Crippen LogP contribution in [0.2, 0.25) is 0 Å². The largest absolute Gasteiger partial charge is 0.508 e. The lowest BCUT2D eigenvalue weighted by Crippen LogP contribution is -2.46. The van der Waals surface area contributed by atoms with Gasteiger partial charge in [0.2, 0.25) is 0 Å². The standard InChI is InChI=1S/C19H24O2/c1-19-10-9-15-14-8-6-13(20)11-12(14)5-7-16(15)17(19)3-2-4-18(19)21/h6,8,11,17-18,20-21H,2-5,7,9-10H2,1H3. The lowest BCUT2D eigenvalue weighted by atomic mass is 9.55. The first kappa shape index (κ1) is 13.4. The van der Waals surface area contributed by atoms with Gasteiger partial charge in [0.05, 0.1) is 6.10 Å². The van der Waals surface area contributed by atoms with Crippen molar-refractivity contribution < 1.29 is 10.2 Å². The number of aryl methyl sites for hydroxylation is 1. The van der Waals surface area contributed by atoms with Gasteiger partial charge < -0.3 is 10.2 Å². The molecule has 1 saturated carbocycles. The predicted molar refractivity (Wildman–Crippen MR) is 84.0 cm³/mol. The van der Waals surface area contributed by atoms with E-state index in [2.05, 4.69) is 13.0 Å². The zero-order valence-electron chi connectivity index (χ0n) is 12.7. The Morgan fingerprint density at radius 1 is 1.14 bits per heavy atom. The number of fused-ring (bicyclic) bond motifs is 4. The Balaban J connectivity index is 1.81. The summed E-state index contributed by atoms with van der Waals surface area (Å²) in [6.45, 7) is 2.30. The first-order valence-electron chi connectivity index (χ1n) is 8.32. The molecule has 3 atom stereocenters. The Labute approximate surface area is 126 Å². The smallest absolute Gasteiger partial charge is 0.115 e. The molecule has 1 aromatic carbocycles. The molecule has 21 heavy (non-hydrogen) atoms. The molecule has 3 unspecified atom stereocenters. The highest BCUT2D eigenvalue weighted by Gasteiger charge is 2.48. The quantitative estimate of drug-likeness (QED) is 0.754. The molecule has 2 N–H and O–H groups in total. The summed E-state index contributed by atoms with van der Waals surface area (Å²) in [4.78, 5) is 0. The van der Waals surface area contributed by atoms with E-state index in [-0.39, 0.29) is 11.5 Å². The van der Waals surface area contributed by atoms with Crippen molar-refractivity contribution in [1.29, 1.82) is 0 Å². The average Bonchev–Trinajstić information content (AvgIpc) is 2.48. The van der Waals surface area contributed by atoms with Crippen LogP contribution in [0.1, 0.15) is 56.6 Å². The molecule has 0 spiro atoms. The molecule has 3 aliphatic carbocycles. The lowest BCUT2D eigenvalue weighted by Gasteiger charge is -2.51. The molecule has 112 valence electrons. The number of allylic oxidation sites excluding steroid dienone is 2. The molecule has 2 heteroatoms. The molecule has 0 amide bonds. The number of aromatic hydroxyl groups is 1. The van der Waals surface area contributed by atoms with Crippen LogP contribution < -0.4 is 0 Å². The van der Waals surface area contributed by atoms with Crippen molar-refractivity contribution in [1.82, 2.24) is 0 Å². The van der Waals surface area contributed by atoms with Crippen LogP contribution in [0, 0.1) is 11.3 Å². The van der Waals surface area contributed by atoms with Crippen molar-refractivity contribution in [3.63, 3.8) is 0 Å². The summed E-state index contributed by atoms with van der Waals surface area (Å²) >= 11 is 0. The molecular formula is C19H24O2. The zero-order chi connectivity index (χ0) is 14.6. The molecule has 0 saturated heterocycles. The van der Waals surface area contributed by atoms with Crippen LogP contribution in [0.3, 0.4) is 0 Å². The topological polar surface area (TPSA) is 40.5 Å². The van der Waals surface area contributed by atoms with Gasteiger partial charge in [0, 0.05) is 5.41 Å². The number of phenols is 1. The van der Waals surface area contributed by atoms with E-state index in [1.54, 1.807) is 5.57 Å². The van der Waals surface area contributed by atoms with Crippen molar-refractivity contribution in [2.24, 2.45) is 11.3 Å². The minimum atomic E-state index is -0.133. The number of phenolic OH excluding ortho intramolecular Hbond substituents is 1. The first-order chi connectivity index (χ1) is 10.1. The van der Waals surface area contributed by atoms with Gasteiger partial charge in [-0.25, -0.2) is 0 Å². The Bertz CT molecular complexity index is 616. The lowest BCUT2D eigenvalue weighted by molar-refractivity contribution is -0.0393. The Morgan fingerprint density at radius 3 is 2.86 bits per heavy atom. The van der Waals surface area contributed by atoms with E-state index >= 15 is 0 Å². The number of aliphatic hydroxyl groups is 1. The van der Waals surface area contributed by atoms with Crippen LogP contribution in [0.25, 0.3) is 5.57 Å². The van der Waals surface area contributed by atoms with E-state index in [0.717, 1.165) is 38.5 Å². The van der Waals surface area contributed by atoms with E-state index in [9.17, 15) is 10.2 Å². The second-order valence-corrected chi connectivity index (χ2v) is 7.35. The fourth-order valence-electron chi connectivity index (χ4n) is 5.07. The summed E-state index contributed by atoms with van der Waals surface area (Å²) in [6.07, 6.45) is 7.55. The molecule has 0 heterocycles. The van der Waals surface area contributed by atoms with Gasteiger partial charge in [-0.05, 0) is 73.3 Å². The summed E-state index contributed by atoms with van der Waals surface area (Å²) in [5.41, 5.74) is 5.88. The minimum Gasteiger partial charge on any atom is -0.508 e. The van der Waals surface area contributed by atoms with E-state index in [4.69, 9.17) is 0 Å². The number of hydrogen-bond acceptors (Lipinski definition) is 2. The Morgan fingerprint density at radius 2 is 2.00 bits per heavy atom. The molecule has 3 aliphatic rings. The second-order valence-electron chi connectivity index (χ2n) is 7.35. The molecule has 2 nitrogen and oxygen atoms in total. The molecule has 1 fully saturated rings. The third-order valence-corrected chi connectivity index (χ3v) is 6.33. The van der Waals surface area contributed by atoms with E-state index in [0.29, 0.717) is 11.7 Å². The molecule has 4 rings (SSSR count). The number of rotatable bonds is 0. The molecule has 0 bridgehead atoms. The number of aliphatic hydroxyl groups excluding tert-OH is 1. The molecule has 1 aromatic rings. The fourth-order valence-corrected chi connectivity index (χ4v) is 5.07. The van der Waals surface area contributed by atoms with Crippen molar-refractivity contribution >= 4 is 5.57 Å². The second kappa shape index (κ2) is 4.61. The van der Waals surface area contributed by atoms with Crippen LogP contribution in [-0.4, -0.2) is 16.3 Å². The highest BCUT2D eigenvalue weighted by atomic mass is 16.3. The van der Waals surface area contributed by atoms with Gasteiger partial charge in [0.25, 0.3) is 0 Å². The average molecular weight is 284 g/mol. The summed E-state index contributed by atoms with van der Waals surface area (Å²) in [6, 6.07) is 5.85. The van der Waals surface area contributed by atoms with Crippen LogP contribution in [-0.2, 0) is 6.42 Å². The van der Waals surface area contributed by atoms with Crippen LogP contribution in [0.4, 0.5) is 0 Å². The van der Waals surface area contributed by atoms with E-state index in [1.807, 2.05) is 12.1 Å². The molecule has 0 radical (unpaired) electrons. The SMILES string of the molecule is CC12CCC3=C(CCc4cc(O)ccc43)C1CCCC2O. The number of benzene rings is 1. The third kappa shape index (κ3) is 1.88. The summed E-state index contributed by atoms with van der Waals surface area (Å²) in [5, 5.41) is 20.2. The Hall–Kier alpha value is -1.28. The van der Waals surface area contributed by atoms with Gasteiger partial charge in [-0.1, -0.05) is 25.0 Å². The van der Waals surface area contributed by atoms with E-state index < -0.39 is 0 Å². The first-order valence-corrected chi connectivity index (χ1v) is 8.32. The fraction of sp³-hybridized carbons (Fsp3) is 0.579. The van der Waals surface area contributed by atoms with Gasteiger partial charge in [-0.3, -0.25) is 0 Å². The summed E-state index contributed by atoms with van der Waals surface area (Å²) in [7, 11) is 0. The maximum absolute atomic E-state index is 10.5. The van der Waals surface area contributed by atoms with Gasteiger partial charge in [0.15, 0.2) is 0 Å². The maximum Gasteiger partial charge on any atom is 0.115 e.